The highest BCUT2D eigenvalue weighted by molar-refractivity contribution is 5.97. The van der Waals surface area contributed by atoms with Crippen LogP contribution in [0, 0.1) is 6.92 Å². The number of fused-ring (bicyclic) bond motifs is 4. The zero-order valence-electron chi connectivity index (χ0n) is 16.3. The van der Waals surface area contributed by atoms with Crippen LogP contribution in [0.25, 0.3) is 0 Å². The Hall–Kier alpha value is -2.90. The van der Waals surface area contributed by atoms with Crippen molar-refractivity contribution in [2.45, 2.75) is 51.1 Å². The second-order valence-corrected chi connectivity index (χ2v) is 7.15. The summed E-state index contributed by atoms with van der Waals surface area (Å²) in [5.41, 5.74) is 5.66. The lowest BCUT2D eigenvalue weighted by atomic mass is 9.88. The number of hydrogen-bond acceptors (Lipinski definition) is 6. The molecule has 0 saturated heterocycles. The van der Waals surface area contributed by atoms with E-state index in [4.69, 9.17) is 8.48 Å². The average Bonchev–Trinajstić information content (AvgIpc) is 2.91. The van der Waals surface area contributed by atoms with Gasteiger partial charge in [0.1, 0.15) is 22.9 Å². The predicted molar refractivity (Wildman–Crippen MR) is 96.5 cm³/mol. The van der Waals surface area contributed by atoms with E-state index in [2.05, 4.69) is 20.6 Å². The van der Waals surface area contributed by atoms with Crippen LogP contribution in [0.15, 0.2) is 11.0 Å². The smallest absolute Gasteiger partial charge is 0.277 e. The maximum Gasteiger partial charge on any atom is 0.277 e. The molecule has 3 aliphatic rings. The molecule has 1 amide bonds. The van der Waals surface area contributed by atoms with E-state index >= 15 is 0 Å². The van der Waals surface area contributed by atoms with Crippen LogP contribution in [0.3, 0.4) is 0 Å². The Morgan fingerprint density at radius 1 is 1.31 bits per heavy atom. The van der Waals surface area contributed by atoms with Gasteiger partial charge < -0.3 is 16.4 Å². The van der Waals surface area contributed by atoms with Gasteiger partial charge in [0, 0.05) is 20.9 Å². The molecule has 2 aromatic rings. The number of nitrogens with one attached hydrogen (secondary N) is 2. The molecule has 0 bridgehead atoms. The summed E-state index contributed by atoms with van der Waals surface area (Å²) in [6.45, 7) is 1.69. The summed E-state index contributed by atoms with van der Waals surface area (Å²) in [6, 6.07) is 0. The van der Waals surface area contributed by atoms with Crippen molar-refractivity contribution in [1.82, 2.24) is 19.9 Å². The maximum atomic E-state index is 13.5. The van der Waals surface area contributed by atoms with Gasteiger partial charge in [-0.2, -0.15) is 4.98 Å². The van der Waals surface area contributed by atoms with Gasteiger partial charge in [0.05, 0.1) is 0 Å². The zero-order chi connectivity index (χ0) is 19.8. The first-order valence-electron chi connectivity index (χ1n) is 9.79. The maximum absolute atomic E-state index is 13.5. The Morgan fingerprint density at radius 3 is 2.85 bits per heavy atom. The quantitative estimate of drug-likeness (QED) is 0.661. The summed E-state index contributed by atoms with van der Waals surface area (Å²) >= 11 is 0. The second-order valence-electron chi connectivity index (χ2n) is 7.15. The molecule has 0 unspecified atom stereocenters. The normalized spacial score (nSPS) is 22.4. The van der Waals surface area contributed by atoms with E-state index in [1.54, 1.807) is 11.5 Å². The molecule has 0 aromatic carbocycles. The van der Waals surface area contributed by atoms with Crippen LogP contribution in [0.5, 0.6) is 0 Å². The average molecular weight is 354 g/mol. The summed E-state index contributed by atoms with van der Waals surface area (Å²) in [5, 5.41) is 5.99. The lowest BCUT2D eigenvalue weighted by Gasteiger charge is -2.36. The van der Waals surface area contributed by atoms with Crippen LogP contribution in [-0.4, -0.2) is 20.4 Å². The van der Waals surface area contributed by atoms with E-state index in [9.17, 15) is 9.59 Å². The molecule has 2 aromatic heterocycles. The number of aromatic nitrogens is 3. The fourth-order valence-electron chi connectivity index (χ4n) is 4.39. The van der Waals surface area contributed by atoms with Crippen molar-refractivity contribution in [2.24, 2.45) is 0 Å². The van der Waals surface area contributed by atoms with Crippen molar-refractivity contribution in [3.63, 3.8) is 0 Å². The summed E-state index contributed by atoms with van der Waals surface area (Å²) in [6.07, 6.45) is 3.55. The third-order valence-electron chi connectivity index (χ3n) is 5.60. The number of amides is 1. The minimum atomic E-state index is -2.04. The molecule has 134 valence electrons. The number of pyridine rings is 1. The third-order valence-corrected chi connectivity index (χ3v) is 5.60. The lowest BCUT2D eigenvalue weighted by molar-refractivity contribution is 0.0876. The number of anilines is 3. The first kappa shape index (κ1) is 13.3. The number of nitrogens with zero attached hydrogens (tertiary/aromatic N) is 3. The molecule has 8 heteroatoms. The molecule has 8 nitrogen and oxygen atoms in total. The van der Waals surface area contributed by atoms with E-state index in [1.807, 2.05) is 0 Å². The van der Waals surface area contributed by atoms with Gasteiger partial charge in [-0.25, -0.2) is 4.98 Å². The van der Waals surface area contributed by atoms with Gasteiger partial charge in [0.25, 0.3) is 11.5 Å². The largest absolute Gasteiger partial charge is 0.368 e. The van der Waals surface area contributed by atoms with Crippen LogP contribution in [0.1, 0.15) is 62.0 Å². The Balaban J connectivity index is 1.83. The third kappa shape index (κ3) is 1.89. The Bertz CT molecular complexity index is 1100. The van der Waals surface area contributed by atoms with Gasteiger partial charge in [0.2, 0.25) is 5.95 Å². The molecule has 1 saturated carbocycles. The van der Waals surface area contributed by atoms with Crippen molar-refractivity contribution in [3.8, 4) is 0 Å². The molecule has 4 heterocycles. The summed E-state index contributed by atoms with van der Waals surface area (Å²) < 4.78 is 18.9. The highest BCUT2D eigenvalue weighted by atomic mass is 16.2. The number of rotatable bonds is 0. The number of nitrogens with two attached hydrogens (primary N) is 1. The van der Waals surface area contributed by atoms with Crippen molar-refractivity contribution in [1.29, 1.82) is 0 Å². The van der Waals surface area contributed by atoms with E-state index in [0.29, 0.717) is 18.4 Å². The monoisotopic (exact) mass is 354 g/mol. The Kier molecular flexibility index (Phi) is 2.59. The highest BCUT2D eigenvalue weighted by Gasteiger charge is 2.46. The van der Waals surface area contributed by atoms with Crippen LogP contribution in [-0.2, 0) is 12.0 Å². The minimum Gasteiger partial charge on any atom is -0.368 e. The van der Waals surface area contributed by atoms with E-state index in [0.717, 1.165) is 19.3 Å². The predicted octanol–water partition coefficient (Wildman–Crippen LogP) is 1.54. The molecular formula is C18H20N6O2. The van der Waals surface area contributed by atoms with Crippen molar-refractivity contribution in [3.05, 3.63) is 38.9 Å². The zero-order valence-corrected chi connectivity index (χ0v) is 14.3. The van der Waals surface area contributed by atoms with Gasteiger partial charge in [-0.15, -0.1) is 0 Å². The van der Waals surface area contributed by atoms with Crippen molar-refractivity contribution >= 4 is 23.4 Å². The fourth-order valence-corrected chi connectivity index (χ4v) is 4.39. The van der Waals surface area contributed by atoms with Gasteiger partial charge in [-0.05, 0) is 43.7 Å². The van der Waals surface area contributed by atoms with Gasteiger partial charge in [0.15, 0.2) is 0 Å². The van der Waals surface area contributed by atoms with Gasteiger partial charge in [-0.3, -0.25) is 14.2 Å². The fraction of sp³-hybridized carbons (Fsp3) is 0.444. The second kappa shape index (κ2) is 5.06. The van der Waals surface area contributed by atoms with E-state index in [1.165, 1.54) is 6.20 Å². The standard InChI is InChI=1S/C18H20N6O2/c1-9-11-7-10-8-20-17(19)22-14(10)21-12(11)16(26)24-13(9)15(25)23-18(24)5-3-2-4-6-18/h8H,2-7H2,1H3,(H,23,25)(H3,19,20,21,22)/i7D2. The Morgan fingerprint density at radius 2 is 2.08 bits per heavy atom. The topological polar surface area (TPSA) is 115 Å². The van der Waals surface area contributed by atoms with Gasteiger partial charge in [-0.1, -0.05) is 6.42 Å². The molecule has 1 spiro atoms. The first-order chi connectivity index (χ1) is 13.3. The summed E-state index contributed by atoms with van der Waals surface area (Å²) in [5.74, 6) is -0.157. The number of hydrogen-bond donors (Lipinski definition) is 3. The SMILES string of the molecule is [2H]C1([2H])c2cnc(N)nc2Nc2c1c(C)c1n(c2=O)C2(CCCCC2)NC1=O. The van der Waals surface area contributed by atoms with Crippen molar-refractivity contribution in [2.75, 3.05) is 11.1 Å². The molecule has 0 radical (unpaired) electrons. The van der Waals surface area contributed by atoms with Crippen LogP contribution >= 0.6 is 0 Å². The van der Waals surface area contributed by atoms with E-state index in [-0.39, 0.29) is 40.2 Å². The summed E-state index contributed by atoms with van der Waals surface area (Å²) in [4.78, 5) is 34.3. The lowest BCUT2D eigenvalue weighted by Crippen LogP contribution is -2.49. The molecule has 1 aliphatic carbocycles. The van der Waals surface area contributed by atoms with Gasteiger partial charge >= 0.3 is 0 Å². The molecule has 1 fully saturated rings. The number of nitrogen functional groups attached to an aromatic ring is 1. The number of carbonyl (C=O) groups is 1. The van der Waals surface area contributed by atoms with Crippen molar-refractivity contribution < 1.29 is 7.54 Å². The van der Waals surface area contributed by atoms with Crippen LogP contribution < -0.4 is 21.9 Å². The van der Waals surface area contributed by atoms with Crippen LogP contribution in [0.4, 0.5) is 17.5 Å². The molecule has 4 N–H and O–H groups in total. The first-order valence-corrected chi connectivity index (χ1v) is 8.79. The summed E-state index contributed by atoms with van der Waals surface area (Å²) in [7, 11) is 0. The molecular weight excluding hydrogens is 332 g/mol. The van der Waals surface area contributed by atoms with E-state index < -0.39 is 17.6 Å². The molecule has 2 aliphatic heterocycles. The number of carbonyl (C=O) groups excluding carboxylic acids is 1. The minimum absolute atomic E-state index is 0.0101. The molecule has 26 heavy (non-hydrogen) atoms. The highest BCUT2D eigenvalue weighted by Crippen LogP contribution is 2.40. The Labute approximate surface area is 152 Å². The van der Waals surface area contributed by atoms with Crippen LogP contribution in [0.2, 0.25) is 0 Å². The molecule has 5 rings (SSSR count). The molecule has 0 atom stereocenters.